The molecule has 0 aromatic carbocycles. The van der Waals surface area contributed by atoms with Gasteiger partial charge < -0.3 is 10.1 Å². The highest BCUT2D eigenvalue weighted by atomic mass is 35.5. The molecule has 2 bridgehead atoms. The first kappa shape index (κ1) is 13.2. The third kappa shape index (κ3) is 2.09. The summed E-state index contributed by atoms with van der Waals surface area (Å²) in [5, 5.41) is 3.51. The molecule has 3 aliphatic heterocycles. The molecule has 4 aliphatic rings. The van der Waals surface area contributed by atoms with E-state index in [1.54, 1.807) is 0 Å². The van der Waals surface area contributed by atoms with Gasteiger partial charge in [-0.05, 0) is 57.0 Å². The maximum absolute atomic E-state index is 5.73. The molecule has 1 N–H and O–H groups in total. The van der Waals surface area contributed by atoms with Crippen LogP contribution in [0.5, 0.6) is 0 Å². The van der Waals surface area contributed by atoms with Crippen molar-refractivity contribution in [3.05, 3.63) is 0 Å². The number of halogens is 1. The first-order valence-electron chi connectivity index (χ1n) is 7.43. The molecule has 1 saturated carbocycles. The van der Waals surface area contributed by atoms with Crippen LogP contribution in [0.25, 0.3) is 0 Å². The molecule has 3 nitrogen and oxygen atoms in total. The summed E-state index contributed by atoms with van der Waals surface area (Å²) in [6.07, 6.45) is 9.12. The van der Waals surface area contributed by atoms with Crippen LogP contribution >= 0.6 is 12.4 Å². The van der Waals surface area contributed by atoms with Crippen LogP contribution in [-0.4, -0.2) is 49.3 Å². The predicted octanol–water partition coefficient (Wildman–Crippen LogP) is 1.80. The molecule has 4 rings (SSSR count). The van der Waals surface area contributed by atoms with E-state index >= 15 is 0 Å². The van der Waals surface area contributed by atoms with Crippen molar-refractivity contribution in [1.29, 1.82) is 0 Å². The number of ether oxygens (including phenoxy) is 1. The van der Waals surface area contributed by atoms with Crippen molar-refractivity contribution in [3.8, 4) is 0 Å². The highest BCUT2D eigenvalue weighted by Gasteiger charge is 2.47. The van der Waals surface area contributed by atoms with Crippen molar-refractivity contribution in [2.24, 2.45) is 5.41 Å². The summed E-state index contributed by atoms with van der Waals surface area (Å²) < 4.78 is 5.73. The topological polar surface area (TPSA) is 24.5 Å². The molecule has 104 valence electrons. The Balaban J connectivity index is 0.000001000. The first-order chi connectivity index (χ1) is 8.35. The van der Waals surface area contributed by atoms with Crippen LogP contribution in [0.2, 0.25) is 0 Å². The summed E-state index contributed by atoms with van der Waals surface area (Å²) in [5.74, 6) is 0. The number of morpholine rings is 1. The third-order valence-electron chi connectivity index (χ3n) is 5.75. The molecule has 4 heteroatoms. The summed E-state index contributed by atoms with van der Waals surface area (Å²) in [6, 6.07) is 1.65. The van der Waals surface area contributed by atoms with Gasteiger partial charge in [-0.2, -0.15) is 0 Å². The average Bonchev–Trinajstić information content (AvgIpc) is 3.05. The summed E-state index contributed by atoms with van der Waals surface area (Å²) >= 11 is 0. The van der Waals surface area contributed by atoms with Crippen LogP contribution in [-0.2, 0) is 4.74 Å². The van der Waals surface area contributed by atoms with Gasteiger partial charge in [0.05, 0.1) is 12.7 Å². The molecular formula is C14H25ClN2O. The van der Waals surface area contributed by atoms with Gasteiger partial charge in [-0.25, -0.2) is 0 Å². The second kappa shape index (κ2) is 4.93. The average molecular weight is 273 g/mol. The fourth-order valence-electron chi connectivity index (χ4n) is 4.75. The summed E-state index contributed by atoms with van der Waals surface area (Å²) in [7, 11) is 0. The number of rotatable bonds is 1. The molecule has 18 heavy (non-hydrogen) atoms. The summed E-state index contributed by atoms with van der Waals surface area (Å²) in [5.41, 5.74) is 0.707. The van der Waals surface area contributed by atoms with Crippen LogP contribution in [0.3, 0.4) is 0 Å². The fraction of sp³-hybridized carbons (Fsp3) is 1.00. The van der Waals surface area contributed by atoms with Crippen LogP contribution in [0.1, 0.15) is 38.5 Å². The van der Waals surface area contributed by atoms with Crippen molar-refractivity contribution < 1.29 is 4.74 Å². The van der Waals surface area contributed by atoms with Crippen LogP contribution in [0, 0.1) is 5.41 Å². The van der Waals surface area contributed by atoms with E-state index in [1.807, 2.05) is 0 Å². The second-order valence-corrected chi connectivity index (χ2v) is 6.69. The molecular weight excluding hydrogens is 248 g/mol. The molecule has 0 aromatic rings. The number of nitrogens with one attached hydrogen (secondary N) is 1. The van der Waals surface area contributed by atoms with Crippen LogP contribution < -0.4 is 5.32 Å². The van der Waals surface area contributed by atoms with E-state index in [4.69, 9.17) is 4.74 Å². The molecule has 0 aromatic heterocycles. The van der Waals surface area contributed by atoms with Gasteiger partial charge in [0, 0.05) is 18.6 Å². The number of fused-ring (bicyclic) bond motifs is 2. The minimum Gasteiger partial charge on any atom is -0.375 e. The van der Waals surface area contributed by atoms with E-state index < -0.39 is 0 Å². The number of nitrogens with zero attached hydrogens (tertiary/aromatic N) is 1. The highest BCUT2D eigenvalue weighted by molar-refractivity contribution is 5.85. The largest absolute Gasteiger partial charge is 0.375 e. The summed E-state index contributed by atoms with van der Waals surface area (Å²) in [6.45, 7) is 4.74. The zero-order valence-electron chi connectivity index (χ0n) is 11.1. The number of likely N-dealkylation sites (tertiary alicyclic amines) is 1. The Morgan fingerprint density at radius 2 is 1.94 bits per heavy atom. The molecule has 1 spiro atoms. The molecule has 4 fully saturated rings. The lowest BCUT2D eigenvalue weighted by molar-refractivity contribution is 0.00934. The van der Waals surface area contributed by atoms with E-state index in [1.165, 1.54) is 58.2 Å². The number of hydrogen-bond donors (Lipinski definition) is 1. The molecule has 0 radical (unpaired) electrons. The molecule has 3 heterocycles. The zero-order valence-corrected chi connectivity index (χ0v) is 11.9. The van der Waals surface area contributed by atoms with Gasteiger partial charge in [-0.3, -0.25) is 4.90 Å². The minimum absolute atomic E-state index is 0. The Bertz CT molecular complexity index is 306. The summed E-state index contributed by atoms with van der Waals surface area (Å²) in [4.78, 5) is 2.80. The lowest BCUT2D eigenvalue weighted by atomic mass is 9.77. The van der Waals surface area contributed by atoms with Crippen LogP contribution in [0.4, 0.5) is 0 Å². The second-order valence-electron chi connectivity index (χ2n) is 6.69. The monoisotopic (exact) mass is 272 g/mol. The van der Waals surface area contributed by atoms with Gasteiger partial charge in [0.1, 0.15) is 0 Å². The van der Waals surface area contributed by atoms with E-state index in [2.05, 4.69) is 10.2 Å². The molecule has 1 aliphatic carbocycles. The SMILES string of the molecule is C1CC2(CCN1)CCC(N1C[C@H]3C[C@@H]1CO3)C2.Cl. The standard InChI is InChI=1S/C14H24N2O.ClH/c1-2-14(3-5-15-6-4-14)8-11(1)16-9-13-7-12(16)10-17-13;/h11-13,15H,1-10H2;1H/t11?,12-,13-;/m1./s1. The van der Waals surface area contributed by atoms with Gasteiger partial charge in [0.15, 0.2) is 0 Å². The van der Waals surface area contributed by atoms with E-state index in [0.717, 1.165) is 18.7 Å². The maximum atomic E-state index is 5.73. The van der Waals surface area contributed by atoms with Crippen molar-refractivity contribution in [2.75, 3.05) is 26.2 Å². The Morgan fingerprint density at radius 3 is 2.61 bits per heavy atom. The van der Waals surface area contributed by atoms with Gasteiger partial charge in [-0.15, -0.1) is 12.4 Å². The van der Waals surface area contributed by atoms with Crippen molar-refractivity contribution in [2.45, 2.75) is 56.7 Å². The van der Waals surface area contributed by atoms with E-state index in [-0.39, 0.29) is 12.4 Å². The van der Waals surface area contributed by atoms with Gasteiger partial charge in [0.25, 0.3) is 0 Å². The normalized spacial score (nSPS) is 42.3. The Labute approximate surface area is 116 Å². The van der Waals surface area contributed by atoms with E-state index in [9.17, 15) is 0 Å². The number of piperidine rings is 1. The number of hydrogen-bond acceptors (Lipinski definition) is 3. The van der Waals surface area contributed by atoms with Crippen LogP contribution in [0.15, 0.2) is 0 Å². The fourth-order valence-corrected chi connectivity index (χ4v) is 4.75. The maximum Gasteiger partial charge on any atom is 0.0718 e. The quantitative estimate of drug-likeness (QED) is 0.788. The molecule has 3 atom stereocenters. The Hall–Kier alpha value is 0.170. The molecule has 1 unspecified atom stereocenters. The van der Waals surface area contributed by atoms with E-state index in [0.29, 0.717) is 11.5 Å². The van der Waals surface area contributed by atoms with Gasteiger partial charge in [-0.1, -0.05) is 0 Å². The minimum atomic E-state index is 0. The van der Waals surface area contributed by atoms with Gasteiger partial charge >= 0.3 is 0 Å². The lowest BCUT2D eigenvalue weighted by Gasteiger charge is -2.37. The zero-order chi connectivity index (χ0) is 11.3. The Kier molecular flexibility index (Phi) is 3.61. The van der Waals surface area contributed by atoms with Crippen molar-refractivity contribution in [1.82, 2.24) is 10.2 Å². The van der Waals surface area contributed by atoms with Crippen molar-refractivity contribution in [3.63, 3.8) is 0 Å². The molecule has 3 saturated heterocycles. The first-order valence-corrected chi connectivity index (χ1v) is 7.43. The predicted molar refractivity (Wildman–Crippen MR) is 74.3 cm³/mol. The lowest BCUT2D eigenvalue weighted by Crippen LogP contribution is -2.44. The molecule has 0 amide bonds. The van der Waals surface area contributed by atoms with Gasteiger partial charge in [0.2, 0.25) is 0 Å². The smallest absolute Gasteiger partial charge is 0.0718 e. The Morgan fingerprint density at radius 1 is 1.11 bits per heavy atom. The third-order valence-corrected chi connectivity index (χ3v) is 5.75. The van der Waals surface area contributed by atoms with Crippen molar-refractivity contribution >= 4 is 12.4 Å². The highest BCUT2D eigenvalue weighted by Crippen LogP contribution is 2.48.